The summed E-state index contributed by atoms with van der Waals surface area (Å²) in [5.74, 6) is -1.88. The zero-order chi connectivity index (χ0) is 19.0. The molecule has 2 N–H and O–H groups in total. The van der Waals surface area contributed by atoms with Gasteiger partial charge in [0.15, 0.2) is 5.75 Å². The molecule has 1 aliphatic rings. The molecule has 1 aromatic carbocycles. The van der Waals surface area contributed by atoms with Crippen molar-refractivity contribution in [3.63, 3.8) is 0 Å². The average Bonchev–Trinajstić information content (AvgIpc) is 3.13. The lowest BCUT2D eigenvalue weighted by molar-refractivity contribution is 0.0693. The summed E-state index contributed by atoms with van der Waals surface area (Å²) < 4.78 is 1.63. The van der Waals surface area contributed by atoms with Crippen LogP contribution in [0, 0.1) is 0 Å². The molecule has 3 aromatic rings. The van der Waals surface area contributed by atoms with Crippen LogP contribution in [0.5, 0.6) is 5.75 Å². The summed E-state index contributed by atoms with van der Waals surface area (Å²) in [6.07, 6.45) is 8.46. The van der Waals surface area contributed by atoms with Crippen LogP contribution in [0.3, 0.4) is 0 Å². The summed E-state index contributed by atoms with van der Waals surface area (Å²) in [7, 11) is 0. The van der Waals surface area contributed by atoms with Crippen molar-refractivity contribution in [3.8, 4) is 5.75 Å². The van der Waals surface area contributed by atoms with Crippen LogP contribution in [0.2, 0.25) is 0 Å². The zero-order valence-electron chi connectivity index (χ0n) is 14.8. The first-order valence-electron chi connectivity index (χ1n) is 9.01. The van der Waals surface area contributed by atoms with Crippen molar-refractivity contribution in [2.24, 2.45) is 0 Å². The molecule has 0 atom stereocenters. The first-order valence-corrected chi connectivity index (χ1v) is 9.01. The van der Waals surface area contributed by atoms with Crippen molar-refractivity contribution in [3.05, 3.63) is 70.3 Å². The Bertz CT molecular complexity index is 1080. The lowest BCUT2D eigenvalue weighted by Gasteiger charge is -2.31. The second kappa shape index (κ2) is 6.54. The highest BCUT2D eigenvalue weighted by atomic mass is 16.4. The Morgan fingerprint density at radius 3 is 2.63 bits per heavy atom. The van der Waals surface area contributed by atoms with E-state index in [1.807, 2.05) is 24.3 Å². The standard InChI is InChI=1S/C21H20N2O4/c24-17-12-23(11-15(19(17)25)20(26)27)13-21(8-1-2-9-21)16-7-3-5-14-6-4-10-22-18(14)16/h3-7,10-12,24H,1-2,8-9,13H2,(H,26,27). The van der Waals surface area contributed by atoms with Gasteiger partial charge in [-0.3, -0.25) is 9.78 Å². The van der Waals surface area contributed by atoms with Crippen molar-refractivity contribution in [1.82, 2.24) is 9.55 Å². The number of carbonyl (C=O) groups is 1. The fourth-order valence-corrected chi connectivity index (χ4v) is 4.31. The molecule has 2 heterocycles. The molecule has 0 radical (unpaired) electrons. The lowest BCUT2D eigenvalue weighted by atomic mass is 9.77. The highest BCUT2D eigenvalue weighted by molar-refractivity contribution is 5.87. The van der Waals surface area contributed by atoms with E-state index in [0.717, 1.165) is 42.1 Å². The Kier molecular flexibility index (Phi) is 4.18. The van der Waals surface area contributed by atoms with Gasteiger partial charge < -0.3 is 14.8 Å². The van der Waals surface area contributed by atoms with Crippen molar-refractivity contribution >= 4 is 16.9 Å². The van der Waals surface area contributed by atoms with E-state index in [1.54, 1.807) is 10.8 Å². The number of aromatic nitrogens is 2. The molecule has 0 bridgehead atoms. The normalized spacial score (nSPS) is 15.9. The molecule has 4 rings (SSSR count). The largest absolute Gasteiger partial charge is 0.503 e. The number of carboxylic acid groups (broad SMARTS) is 1. The fourth-order valence-electron chi connectivity index (χ4n) is 4.31. The number of hydrogen-bond donors (Lipinski definition) is 2. The van der Waals surface area contributed by atoms with Gasteiger partial charge in [0.2, 0.25) is 5.43 Å². The molecule has 1 fully saturated rings. The molecule has 1 aliphatic carbocycles. The number of pyridine rings is 2. The summed E-state index contributed by atoms with van der Waals surface area (Å²) in [5, 5.41) is 20.2. The van der Waals surface area contributed by atoms with Crippen molar-refractivity contribution in [1.29, 1.82) is 0 Å². The quantitative estimate of drug-likeness (QED) is 0.741. The van der Waals surface area contributed by atoms with Crippen molar-refractivity contribution in [2.75, 3.05) is 0 Å². The number of aromatic hydroxyl groups is 1. The molecule has 27 heavy (non-hydrogen) atoms. The topological polar surface area (TPSA) is 92.4 Å². The van der Waals surface area contributed by atoms with Crippen molar-refractivity contribution in [2.45, 2.75) is 37.6 Å². The lowest BCUT2D eigenvalue weighted by Crippen LogP contribution is -2.30. The van der Waals surface area contributed by atoms with Gasteiger partial charge >= 0.3 is 5.97 Å². The predicted molar refractivity (Wildman–Crippen MR) is 101 cm³/mol. The van der Waals surface area contributed by atoms with Gasteiger partial charge in [0.05, 0.1) is 5.52 Å². The Hall–Kier alpha value is -3.15. The number of para-hydroxylation sites is 1. The van der Waals surface area contributed by atoms with Crippen LogP contribution in [0.25, 0.3) is 10.9 Å². The van der Waals surface area contributed by atoms with Crippen LogP contribution in [0.4, 0.5) is 0 Å². The number of aromatic carboxylic acids is 1. The van der Waals surface area contributed by atoms with Crippen molar-refractivity contribution < 1.29 is 15.0 Å². The maximum absolute atomic E-state index is 11.9. The third-order valence-corrected chi connectivity index (χ3v) is 5.54. The van der Waals surface area contributed by atoms with Gasteiger partial charge in [-0.2, -0.15) is 0 Å². The van der Waals surface area contributed by atoms with E-state index in [4.69, 9.17) is 0 Å². The number of fused-ring (bicyclic) bond motifs is 1. The van der Waals surface area contributed by atoms with Gasteiger partial charge in [0.1, 0.15) is 5.56 Å². The second-order valence-electron chi connectivity index (χ2n) is 7.23. The van der Waals surface area contributed by atoms with Crippen LogP contribution >= 0.6 is 0 Å². The molecule has 0 spiro atoms. The highest BCUT2D eigenvalue weighted by Crippen LogP contribution is 2.44. The molecule has 0 aliphatic heterocycles. The number of rotatable bonds is 4. The SMILES string of the molecule is O=C(O)c1cn(CC2(c3cccc4cccnc34)CCCC2)cc(O)c1=O. The van der Waals surface area contributed by atoms with Gasteiger partial charge in [-0.05, 0) is 24.5 Å². The van der Waals surface area contributed by atoms with Crippen LogP contribution in [-0.4, -0.2) is 25.7 Å². The van der Waals surface area contributed by atoms with Gasteiger partial charge in [-0.1, -0.05) is 37.1 Å². The minimum Gasteiger partial charge on any atom is -0.503 e. The van der Waals surface area contributed by atoms with Crippen LogP contribution in [0.15, 0.2) is 53.7 Å². The third-order valence-electron chi connectivity index (χ3n) is 5.54. The number of nitrogens with zero attached hydrogens (tertiary/aromatic N) is 2. The summed E-state index contributed by atoms with van der Waals surface area (Å²) in [6.45, 7) is 0.483. The minimum atomic E-state index is -1.34. The Labute approximate surface area is 155 Å². The average molecular weight is 364 g/mol. The zero-order valence-corrected chi connectivity index (χ0v) is 14.8. The fraction of sp³-hybridized carbons (Fsp3) is 0.286. The first kappa shape index (κ1) is 17.3. The first-order chi connectivity index (χ1) is 13.0. The van der Waals surface area contributed by atoms with Gasteiger partial charge in [-0.15, -0.1) is 0 Å². The summed E-state index contributed by atoms with van der Waals surface area (Å²) in [6, 6.07) is 10.1. The molecule has 138 valence electrons. The summed E-state index contributed by atoms with van der Waals surface area (Å²) >= 11 is 0. The van der Waals surface area contributed by atoms with E-state index >= 15 is 0 Å². The maximum atomic E-state index is 11.9. The Morgan fingerprint density at radius 1 is 1.15 bits per heavy atom. The number of benzene rings is 1. The Balaban J connectivity index is 1.85. The molecule has 1 saturated carbocycles. The molecule has 2 aromatic heterocycles. The van der Waals surface area contributed by atoms with E-state index in [-0.39, 0.29) is 5.41 Å². The molecule has 0 unspecified atom stereocenters. The van der Waals surface area contributed by atoms with Gasteiger partial charge in [-0.25, -0.2) is 4.79 Å². The Morgan fingerprint density at radius 2 is 1.89 bits per heavy atom. The van der Waals surface area contributed by atoms with E-state index in [9.17, 15) is 19.8 Å². The predicted octanol–water partition coefficient (Wildman–Crippen LogP) is 3.31. The summed E-state index contributed by atoms with van der Waals surface area (Å²) in [5.41, 5.74) is 0.592. The molecule has 0 saturated heterocycles. The van der Waals surface area contributed by atoms with E-state index in [0.29, 0.717) is 6.54 Å². The number of hydrogen-bond acceptors (Lipinski definition) is 4. The van der Waals surface area contributed by atoms with E-state index < -0.39 is 22.7 Å². The molecule has 6 nitrogen and oxygen atoms in total. The third kappa shape index (κ3) is 2.97. The van der Waals surface area contributed by atoms with E-state index in [2.05, 4.69) is 11.1 Å². The molecule has 0 amide bonds. The molecular weight excluding hydrogens is 344 g/mol. The second-order valence-corrected chi connectivity index (χ2v) is 7.23. The molecule has 6 heteroatoms. The maximum Gasteiger partial charge on any atom is 0.341 e. The smallest absolute Gasteiger partial charge is 0.341 e. The van der Waals surface area contributed by atoms with Crippen LogP contribution in [-0.2, 0) is 12.0 Å². The van der Waals surface area contributed by atoms with Crippen LogP contribution in [0.1, 0.15) is 41.6 Å². The molecular formula is C21H20N2O4. The van der Waals surface area contributed by atoms with E-state index in [1.165, 1.54) is 12.4 Å². The monoisotopic (exact) mass is 364 g/mol. The summed E-state index contributed by atoms with van der Waals surface area (Å²) in [4.78, 5) is 27.8. The van der Waals surface area contributed by atoms with Gasteiger partial charge in [0, 0.05) is 35.9 Å². The van der Waals surface area contributed by atoms with Crippen LogP contribution < -0.4 is 5.43 Å². The highest BCUT2D eigenvalue weighted by Gasteiger charge is 2.37. The van der Waals surface area contributed by atoms with Gasteiger partial charge in [0.25, 0.3) is 0 Å². The minimum absolute atomic E-state index is 0.217. The number of carboxylic acids is 1.